The Morgan fingerprint density at radius 1 is 1.25 bits per heavy atom. The number of thiol groups is 1. The molecule has 0 radical (unpaired) electrons. The predicted molar refractivity (Wildman–Crippen MR) is 57.3 cm³/mol. The Kier molecular flexibility index (Phi) is 3.35. The first kappa shape index (κ1) is 9.81. The van der Waals surface area contributed by atoms with Crippen molar-refractivity contribution in [2.24, 2.45) is 0 Å². The lowest BCUT2D eigenvalue weighted by molar-refractivity contribution is 0.411. The molecule has 3 heteroatoms. The molecular formula is C9H12OS2. The summed E-state index contributed by atoms with van der Waals surface area (Å²) in [5, 5.41) is 0. The van der Waals surface area contributed by atoms with Gasteiger partial charge in [-0.2, -0.15) is 0 Å². The van der Waals surface area contributed by atoms with Crippen molar-refractivity contribution in [1.82, 2.24) is 0 Å². The van der Waals surface area contributed by atoms with Gasteiger partial charge in [0.1, 0.15) is 5.75 Å². The van der Waals surface area contributed by atoms with Crippen molar-refractivity contribution < 1.29 is 4.74 Å². The molecule has 66 valence electrons. The highest BCUT2D eigenvalue weighted by Gasteiger charge is 2.03. The van der Waals surface area contributed by atoms with Gasteiger partial charge in [0.15, 0.2) is 0 Å². The fourth-order valence-corrected chi connectivity index (χ4v) is 2.10. The summed E-state index contributed by atoms with van der Waals surface area (Å²) in [4.78, 5) is 1.19. The van der Waals surface area contributed by atoms with Crippen LogP contribution in [-0.2, 0) is 0 Å². The third kappa shape index (κ3) is 1.90. The standard InChI is InChI=1S/C9H12OS2/c1-6-5-9(12-11)7(2)4-8(6)10-3/h4-5,11H,1-3H3. The van der Waals surface area contributed by atoms with Gasteiger partial charge in [-0.3, -0.25) is 0 Å². The summed E-state index contributed by atoms with van der Waals surface area (Å²) in [6.07, 6.45) is 0. The summed E-state index contributed by atoms with van der Waals surface area (Å²) in [5.41, 5.74) is 2.36. The van der Waals surface area contributed by atoms with E-state index in [1.807, 2.05) is 13.0 Å². The summed E-state index contributed by atoms with van der Waals surface area (Å²) >= 11 is 4.17. The zero-order chi connectivity index (χ0) is 9.14. The van der Waals surface area contributed by atoms with Crippen LogP contribution in [0.15, 0.2) is 17.0 Å². The Morgan fingerprint density at radius 2 is 1.92 bits per heavy atom. The first-order chi connectivity index (χ1) is 5.69. The highest BCUT2D eigenvalue weighted by atomic mass is 33.1. The van der Waals surface area contributed by atoms with Crippen LogP contribution in [0.1, 0.15) is 11.1 Å². The maximum absolute atomic E-state index is 5.19. The average molecular weight is 200 g/mol. The van der Waals surface area contributed by atoms with Crippen molar-refractivity contribution >= 4 is 22.5 Å². The zero-order valence-electron chi connectivity index (χ0n) is 7.42. The van der Waals surface area contributed by atoms with E-state index >= 15 is 0 Å². The molecule has 0 fully saturated rings. The Bertz CT molecular complexity index is 254. The Labute approximate surface area is 82.3 Å². The summed E-state index contributed by atoms with van der Waals surface area (Å²) in [6.45, 7) is 4.09. The molecule has 0 spiro atoms. The molecule has 12 heavy (non-hydrogen) atoms. The van der Waals surface area contributed by atoms with Crippen LogP contribution in [0.4, 0.5) is 0 Å². The molecule has 1 aromatic carbocycles. The molecule has 0 unspecified atom stereocenters. The largest absolute Gasteiger partial charge is 0.496 e. The minimum absolute atomic E-state index is 0.943. The van der Waals surface area contributed by atoms with Crippen molar-refractivity contribution in [2.75, 3.05) is 7.11 Å². The molecule has 1 rings (SSSR count). The van der Waals surface area contributed by atoms with E-state index < -0.39 is 0 Å². The molecule has 1 nitrogen and oxygen atoms in total. The predicted octanol–water partition coefficient (Wildman–Crippen LogP) is 3.25. The molecule has 0 aromatic heterocycles. The molecule has 0 amide bonds. The molecule has 0 atom stereocenters. The Morgan fingerprint density at radius 3 is 2.42 bits per heavy atom. The van der Waals surface area contributed by atoms with Gasteiger partial charge in [0, 0.05) is 4.90 Å². The minimum Gasteiger partial charge on any atom is -0.496 e. The molecule has 0 N–H and O–H groups in total. The Hall–Kier alpha value is -0.280. The summed E-state index contributed by atoms with van der Waals surface area (Å²) in [5.74, 6) is 0.943. The SMILES string of the molecule is COc1cc(C)c(SS)cc1C. The van der Waals surface area contributed by atoms with E-state index in [2.05, 4.69) is 24.7 Å². The van der Waals surface area contributed by atoms with Gasteiger partial charge < -0.3 is 4.74 Å². The lowest BCUT2D eigenvalue weighted by Crippen LogP contribution is -1.89. The third-order valence-electron chi connectivity index (χ3n) is 1.79. The lowest BCUT2D eigenvalue weighted by Gasteiger charge is -2.08. The molecule has 1 aromatic rings. The van der Waals surface area contributed by atoms with Gasteiger partial charge >= 0.3 is 0 Å². The second-order valence-electron chi connectivity index (χ2n) is 2.68. The second kappa shape index (κ2) is 4.10. The molecule has 0 saturated heterocycles. The van der Waals surface area contributed by atoms with Crippen LogP contribution in [0.2, 0.25) is 0 Å². The molecule has 0 saturated carbocycles. The van der Waals surface area contributed by atoms with Gasteiger partial charge in [0.2, 0.25) is 0 Å². The van der Waals surface area contributed by atoms with E-state index in [0.717, 1.165) is 11.3 Å². The number of benzene rings is 1. The van der Waals surface area contributed by atoms with E-state index in [4.69, 9.17) is 4.74 Å². The van der Waals surface area contributed by atoms with Gasteiger partial charge in [-0.1, -0.05) is 10.8 Å². The number of hydrogen-bond donors (Lipinski definition) is 1. The average Bonchev–Trinajstić information content (AvgIpc) is 2.08. The van der Waals surface area contributed by atoms with Crippen LogP contribution in [0, 0.1) is 13.8 Å². The highest BCUT2D eigenvalue weighted by molar-refractivity contribution is 8.68. The van der Waals surface area contributed by atoms with E-state index in [9.17, 15) is 0 Å². The monoisotopic (exact) mass is 200 g/mol. The maximum Gasteiger partial charge on any atom is 0.122 e. The van der Waals surface area contributed by atoms with Gasteiger partial charge in [0.25, 0.3) is 0 Å². The third-order valence-corrected chi connectivity index (χ3v) is 3.02. The van der Waals surface area contributed by atoms with Crippen LogP contribution in [0.5, 0.6) is 5.75 Å². The molecule has 0 aliphatic carbocycles. The number of ether oxygens (including phenoxy) is 1. The van der Waals surface area contributed by atoms with E-state index in [1.54, 1.807) is 7.11 Å². The molecule has 0 aliphatic rings. The first-order valence-corrected chi connectivity index (χ1v) is 5.52. The van der Waals surface area contributed by atoms with Crippen LogP contribution in [-0.4, -0.2) is 7.11 Å². The first-order valence-electron chi connectivity index (χ1n) is 3.65. The summed E-state index contributed by atoms with van der Waals surface area (Å²) in [7, 11) is 3.16. The van der Waals surface area contributed by atoms with E-state index in [-0.39, 0.29) is 0 Å². The van der Waals surface area contributed by atoms with E-state index in [1.165, 1.54) is 21.3 Å². The smallest absolute Gasteiger partial charge is 0.122 e. The van der Waals surface area contributed by atoms with Gasteiger partial charge in [-0.15, -0.1) is 11.7 Å². The quantitative estimate of drug-likeness (QED) is 0.579. The lowest BCUT2D eigenvalue weighted by atomic mass is 10.1. The van der Waals surface area contributed by atoms with Crippen molar-refractivity contribution in [3.05, 3.63) is 23.3 Å². The van der Waals surface area contributed by atoms with Crippen LogP contribution < -0.4 is 4.74 Å². The molecule has 0 aliphatic heterocycles. The van der Waals surface area contributed by atoms with Crippen molar-refractivity contribution in [2.45, 2.75) is 18.7 Å². The molecule has 0 heterocycles. The topological polar surface area (TPSA) is 9.23 Å². The fraction of sp³-hybridized carbons (Fsp3) is 0.333. The van der Waals surface area contributed by atoms with Crippen LogP contribution in [0.25, 0.3) is 0 Å². The number of hydrogen-bond acceptors (Lipinski definition) is 3. The van der Waals surface area contributed by atoms with Crippen LogP contribution >= 0.6 is 22.5 Å². The van der Waals surface area contributed by atoms with Gasteiger partial charge in [-0.25, -0.2) is 0 Å². The zero-order valence-corrected chi connectivity index (χ0v) is 9.13. The second-order valence-corrected chi connectivity index (χ2v) is 3.85. The Balaban J connectivity index is 3.16. The molecule has 0 bridgehead atoms. The maximum atomic E-state index is 5.19. The number of aryl methyl sites for hydroxylation is 2. The fourth-order valence-electron chi connectivity index (χ4n) is 1.08. The minimum atomic E-state index is 0.943. The van der Waals surface area contributed by atoms with Gasteiger partial charge in [0.05, 0.1) is 7.11 Å². The van der Waals surface area contributed by atoms with Crippen molar-refractivity contribution in [3.63, 3.8) is 0 Å². The highest BCUT2D eigenvalue weighted by Crippen LogP contribution is 2.30. The summed E-state index contributed by atoms with van der Waals surface area (Å²) in [6, 6.07) is 4.12. The van der Waals surface area contributed by atoms with E-state index in [0.29, 0.717) is 0 Å². The summed E-state index contributed by atoms with van der Waals surface area (Å²) < 4.78 is 5.19. The van der Waals surface area contributed by atoms with Crippen LogP contribution in [0.3, 0.4) is 0 Å². The van der Waals surface area contributed by atoms with Gasteiger partial charge in [-0.05, 0) is 37.1 Å². The van der Waals surface area contributed by atoms with Crippen molar-refractivity contribution in [3.8, 4) is 5.75 Å². The molecular weight excluding hydrogens is 188 g/mol. The normalized spacial score (nSPS) is 10.0. The number of methoxy groups -OCH3 is 1. The van der Waals surface area contributed by atoms with Crippen molar-refractivity contribution in [1.29, 1.82) is 0 Å². The number of rotatable bonds is 2.